The van der Waals surface area contributed by atoms with Crippen LogP contribution in [0.1, 0.15) is 34.1 Å². The summed E-state index contributed by atoms with van der Waals surface area (Å²) >= 11 is 0. The number of nitrogens with zero attached hydrogens (tertiary/aromatic N) is 1. The fraction of sp³-hybridized carbons (Fsp3) is 1.00. The Hall–Kier alpha value is -0.120. The van der Waals surface area contributed by atoms with Crippen LogP contribution in [-0.4, -0.2) is 42.3 Å². The molecule has 0 aromatic carbocycles. The molecule has 3 N–H and O–H groups in total. The zero-order valence-corrected chi connectivity index (χ0v) is 10.2. The molecule has 0 aliphatic carbocycles. The average molecular weight is 202 g/mol. The first kappa shape index (κ1) is 13.9. The number of hydrogen-bond donors (Lipinski definition) is 2. The highest BCUT2D eigenvalue weighted by atomic mass is 16.3. The van der Waals surface area contributed by atoms with Gasteiger partial charge in [0.15, 0.2) is 0 Å². The summed E-state index contributed by atoms with van der Waals surface area (Å²) in [5.74, 6) is 0. The van der Waals surface area contributed by atoms with E-state index in [0.29, 0.717) is 0 Å². The van der Waals surface area contributed by atoms with Crippen LogP contribution in [0.2, 0.25) is 0 Å². The van der Waals surface area contributed by atoms with Crippen LogP contribution >= 0.6 is 0 Å². The van der Waals surface area contributed by atoms with Gasteiger partial charge in [-0.25, -0.2) is 0 Å². The largest absolute Gasteiger partial charge is 0.395 e. The zero-order chi connectivity index (χ0) is 11.4. The third kappa shape index (κ3) is 4.94. The van der Waals surface area contributed by atoms with Crippen molar-refractivity contribution in [3.05, 3.63) is 0 Å². The molecule has 3 heteroatoms. The van der Waals surface area contributed by atoms with Crippen LogP contribution in [-0.2, 0) is 0 Å². The smallest absolute Gasteiger partial charge is 0.0601 e. The number of hydrogen-bond acceptors (Lipinski definition) is 3. The summed E-state index contributed by atoms with van der Waals surface area (Å²) in [5.41, 5.74) is 6.19. The Balaban J connectivity index is 4.24. The Morgan fingerprint density at radius 1 is 1.36 bits per heavy atom. The maximum atomic E-state index is 9.27. The van der Waals surface area contributed by atoms with Gasteiger partial charge < -0.3 is 10.8 Å². The van der Waals surface area contributed by atoms with Crippen LogP contribution in [0.25, 0.3) is 0 Å². The molecule has 0 saturated heterocycles. The normalized spacial score (nSPS) is 17.1. The van der Waals surface area contributed by atoms with Gasteiger partial charge in [0.2, 0.25) is 0 Å². The molecule has 0 rings (SSSR count). The molecule has 0 radical (unpaired) electrons. The lowest BCUT2D eigenvalue weighted by molar-refractivity contribution is 0.0964. The minimum atomic E-state index is 0.0624. The summed E-state index contributed by atoms with van der Waals surface area (Å²) < 4.78 is 0. The van der Waals surface area contributed by atoms with Crippen molar-refractivity contribution in [3.8, 4) is 0 Å². The van der Waals surface area contributed by atoms with Crippen molar-refractivity contribution in [3.63, 3.8) is 0 Å². The van der Waals surface area contributed by atoms with Crippen LogP contribution in [0.3, 0.4) is 0 Å². The monoisotopic (exact) mass is 202 g/mol. The molecule has 0 bridgehead atoms. The van der Waals surface area contributed by atoms with E-state index < -0.39 is 0 Å². The van der Waals surface area contributed by atoms with Gasteiger partial charge in [-0.1, -0.05) is 27.7 Å². The molecule has 0 aromatic rings. The molecular formula is C11H26N2O. The second kappa shape index (κ2) is 5.69. The Morgan fingerprint density at radius 2 is 1.86 bits per heavy atom. The van der Waals surface area contributed by atoms with Crippen molar-refractivity contribution in [1.82, 2.24) is 4.90 Å². The third-order valence-electron chi connectivity index (χ3n) is 2.44. The van der Waals surface area contributed by atoms with Crippen LogP contribution in [0.5, 0.6) is 0 Å². The van der Waals surface area contributed by atoms with Gasteiger partial charge in [0.25, 0.3) is 0 Å². The molecule has 0 aliphatic heterocycles. The van der Waals surface area contributed by atoms with Gasteiger partial charge >= 0.3 is 0 Å². The highest BCUT2D eigenvalue weighted by Gasteiger charge is 2.23. The minimum Gasteiger partial charge on any atom is -0.395 e. The van der Waals surface area contributed by atoms with Gasteiger partial charge in [0.05, 0.1) is 6.61 Å². The highest BCUT2D eigenvalue weighted by molar-refractivity contribution is 4.81. The summed E-state index contributed by atoms with van der Waals surface area (Å²) in [6.07, 6.45) is 0.902. The standard InChI is InChI=1S/C11H26N2O/c1-6-9(12)10(7-14)13(5)8-11(2,3)4/h9-10,14H,6-8,12H2,1-5H3. The molecule has 0 amide bonds. The summed E-state index contributed by atoms with van der Waals surface area (Å²) in [5, 5.41) is 9.27. The van der Waals surface area contributed by atoms with Crippen LogP contribution in [0.15, 0.2) is 0 Å². The molecule has 2 unspecified atom stereocenters. The highest BCUT2D eigenvalue weighted by Crippen LogP contribution is 2.16. The van der Waals surface area contributed by atoms with Crippen molar-refractivity contribution in [2.45, 2.75) is 46.2 Å². The molecule has 0 saturated carbocycles. The Kier molecular flexibility index (Phi) is 5.64. The second-order valence-corrected chi connectivity index (χ2v) is 5.30. The quantitative estimate of drug-likeness (QED) is 0.701. The summed E-state index contributed by atoms with van der Waals surface area (Å²) in [7, 11) is 2.03. The SMILES string of the molecule is CCC(N)C(CO)N(C)CC(C)(C)C. The van der Waals surface area contributed by atoms with Crippen molar-refractivity contribution in [2.24, 2.45) is 11.1 Å². The second-order valence-electron chi connectivity index (χ2n) is 5.30. The van der Waals surface area contributed by atoms with Crippen molar-refractivity contribution < 1.29 is 5.11 Å². The molecule has 0 aromatic heterocycles. The Labute approximate surface area is 88.3 Å². The average Bonchev–Trinajstić information content (AvgIpc) is 2.01. The zero-order valence-electron chi connectivity index (χ0n) is 10.2. The molecule has 0 heterocycles. The van der Waals surface area contributed by atoms with E-state index in [4.69, 9.17) is 5.73 Å². The number of aliphatic hydroxyl groups excluding tert-OH is 1. The van der Waals surface area contributed by atoms with Gasteiger partial charge in [-0.05, 0) is 18.9 Å². The van der Waals surface area contributed by atoms with Gasteiger partial charge in [-0.2, -0.15) is 0 Å². The van der Waals surface area contributed by atoms with Crippen LogP contribution < -0.4 is 5.73 Å². The molecule has 0 spiro atoms. The van der Waals surface area contributed by atoms with E-state index in [1.807, 2.05) is 7.05 Å². The molecule has 14 heavy (non-hydrogen) atoms. The Bertz CT molecular complexity index is 154. The van der Waals surface area contributed by atoms with E-state index in [0.717, 1.165) is 13.0 Å². The van der Waals surface area contributed by atoms with Gasteiger partial charge in [-0.15, -0.1) is 0 Å². The van der Waals surface area contributed by atoms with E-state index in [1.165, 1.54) is 0 Å². The number of aliphatic hydroxyl groups is 1. The van der Waals surface area contributed by atoms with Gasteiger partial charge in [0, 0.05) is 18.6 Å². The predicted octanol–water partition coefficient (Wildman–Crippen LogP) is 1.06. The first-order chi connectivity index (χ1) is 6.31. The molecule has 3 nitrogen and oxygen atoms in total. The molecule has 86 valence electrons. The lowest BCUT2D eigenvalue weighted by Crippen LogP contribution is -2.50. The lowest BCUT2D eigenvalue weighted by Gasteiger charge is -2.35. The van der Waals surface area contributed by atoms with Gasteiger partial charge in [-0.3, -0.25) is 4.90 Å². The van der Waals surface area contributed by atoms with Crippen molar-refractivity contribution in [2.75, 3.05) is 20.2 Å². The van der Waals surface area contributed by atoms with E-state index in [-0.39, 0.29) is 24.1 Å². The molecular weight excluding hydrogens is 176 g/mol. The molecule has 2 atom stereocenters. The summed E-state index contributed by atoms with van der Waals surface area (Å²) in [4.78, 5) is 2.16. The lowest BCUT2D eigenvalue weighted by atomic mass is 9.94. The van der Waals surface area contributed by atoms with Crippen molar-refractivity contribution >= 4 is 0 Å². The van der Waals surface area contributed by atoms with E-state index in [2.05, 4.69) is 32.6 Å². The van der Waals surface area contributed by atoms with Crippen molar-refractivity contribution in [1.29, 1.82) is 0 Å². The van der Waals surface area contributed by atoms with E-state index in [9.17, 15) is 5.11 Å². The fourth-order valence-corrected chi connectivity index (χ4v) is 1.74. The predicted molar refractivity (Wildman–Crippen MR) is 61.2 cm³/mol. The topological polar surface area (TPSA) is 49.5 Å². The molecule has 0 fully saturated rings. The van der Waals surface area contributed by atoms with Crippen LogP contribution in [0.4, 0.5) is 0 Å². The number of likely N-dealkylation sites (N-methyl/N-ethyl adjacent to an activating group) is 1. The summed E-state index contributed by atoms with van der Waals surface area (Å²) in [6, 6.07) is 0.145. The van der Waals surface area contributed by atoms with E-state index in [1.54, 1.807) is 0 Å². The third-order valence-corrected chi connectivity index (χ3v) is 2.44. The fourth-order valence-electron chi connectivity index (χ4n) is 1.74. The Morgan fingerprint density at radius 3 is 2.14 bits per heavy atom. The minimum absolute atomic E-state index is 0.0624. The first-order valence-electron chi connectivity index (χ1n) is 5.38. The molecule has 0 aliphatic rings. The van der Waals surface area contributed by atoms with Gasteiger partial charge in [0.1, 0.15) is 0 Å². The van der Waals surface area contributed by atoms with E-state index >= 15 is 0 Å². The number of nitrogens with two attached hydrogens (primary N) is 1. The maximum Gasteiger partial charge on any atom is 0.0601 e. The summed E-state index contributed by atoms with van der Waals surface area (Å²) in [6.45, 7) is 9.71. The van der Waals surface area contributed by atoms with Crippen LogP contribution in [0, 0.1) is 5.41 Å². The first-order valence-corrected chi connectivity index (χ1v) is 5.38. The maximum absolute atomic E-state index is 9.27. The number of rotatable bonds is 5.